The van der Waals surface area contributed by atoms with E-state index < -0.39 is 5.97 Å². The fourth-order valence-electron chi connectivity index (χ4n) is 2.06. The van der Waals surface area contributed by atoms with Crippen LogP contribution in [0.15, 0.2) is 36.4 Å². The first-order valence-corrected chi connectivity index (χ1v) is 6.82. The van der Waals surface area contributed by atoms with E-state index >= 15 is 0 Å². The van der Waals surface area contributed by atoms with Gasteiger partial charge in [0.1, 0.15) is 0 Å². The van der Waals surface area contributed by atoms with Crippen LogP contribution in [-0.4, -0.2) is 17.1 Å². The molecule has 3 heteroatoms. The molecule has 0 bridgehead atoms. The summed E-state index contributed by atoms with van der Waals surface area (Å²) < 4.78 is 0. The molecule has 0 amide bonds. The van der Waals surface area contributed by atoms with Gasteiger partial charge in [-0.1, -0.05) is 45.0 Å². The van der Waals surface area contributed by atoms with Crippen LogP contribution in [0.3, 0.4) is 0 Å². The molecular formula is C17H21NO2. The quantitative estimate of drug-likeness (QED) is 0.870. The Balaban J connectivity index is 2.51. The molecule has 106 valence electrons. The molecule has 3 nitrogen and oxygen atoms in total. The molecule has 0 heterocycles. The first-order valence-electron chi connectivity index (χ1n) is 6.82. The molecule has 1 unspecified atom stereocenters. The maximum Gasteiger partial charge on any atom is 0.336 e. The van der Waals surface area contributed by atoms with Gasteiger partial charge in [0, 0.05) is 17.1 Å². The van der Waals surface area contributed by atoms with Crippen LogP contribution in [-0.2, 0) is 0 Å². The Labute approximate surface area is 119 Å². The standard InChI is InChI=1S/C17H21NO2/c1-11(17(2,3)4)18-15-10-9-14(16(19)20)12-7-5-6-8-13(12)15/h5-11,18H,1-4H3,(H,19,20). The van der Waals surface area contributed by atoms with Crippen molar-refractivity contribution < 1.29 is 9.90 Å². The van der Waals surface area contributed by atoms with Gasteiger partial charge in [0.15, 0.2) is 0 Å². The second kappa shape index (κ2) is 5.16. The number of benzene rings is 2. The van der Waals surface area contributed by atoms with E-state index in [-0.39, 0.29) is 11.5 Å². The molecule has 1 atom stereocenters. The monoisotopic (exact) mass is 271 g/mol. The van der Waals surface area contributed by atoms with Crippen LogP contribution in [0.1, 0.15) is 38.1 Å². The summed E-state index contributed by atoms with van der Waals surface area (Å²) in [6, 6.07) is 11.4. The molecular weight excluding hydrogens is 250 g/mol. The molecule has 0 saturated carbocycles. The summed E-state index contributed by atoms with van der Waals surface area (Å²) in [5.41, 5.74) is 1.45. The summed E-state index contributed by atoms with van der Waals surface area (Å²) in [6.07, 6.45) is 0. The van der Waals surface area contributed by atoms with Gasteiger partial charge >= 0.3 is 5.97 Å². The van der Waals surface area contributed by atoms with Gasteiger partial charge in [-0.25, -0.2) is 4.79 Å². The molecule has 0 radical (unpaired) electrons. The lowest BCUT2D eigenvalue weighted by molar-refractivity contribution is 0.0699. The van der Waals surface area contributed by atoms with Crippen LogP contribution in [0.2, 0.25) is 0 Å². The van der Waals surface area contributed by atoms with Crippen LogP contribution >= 0.6 is 0 Å². The topological polar surface area (TPSA) is 49.3 Å². The third kappa shape index (κ3) is 2.77. The normalized spacial score (nSPS) is 13.2. The van der Waals surface area contributed by atoms with Crippen molar-refractivity contribution in [3.63, 3.8) is 0 Å². The van der Waals surface area contributed by atoms with Gasteiger partial charge in [0.2, 0.25) is 0 Å². The van der Waals surface area contributed by atoms with Crippen molar-refractivity contribution in [3.8, 4) is 0 Å². The Kier molecular flexibility index (Phi) is 3.71. The van der Waals surface area contributed by atoms with E-state index in [4.69, 9.17) is 0 Å². The minimum absolute atomic E-state index is 0.132. The summed E-state index contributed by atoms with van der Waals surface area (Å²) in [5, 5.41) is 14.5. The fourth-order valence-corrected chi connectivity index (χ4v) is 2.06. The average molecular weight is 271 g/mol. The highest BCUT2D eigenvalue weighted by atomic mass is 16.4. The van der Waals surface area contributed by atoms with E-state index in [1.807, 2.05) is 30.3 Å². The second-order valence-electron chi connectivity index (χ2n) is 6.24. The Morgan fingerprint density at radius 1 is 1.10 bits per heavy atom. The zero-order chi connectivity index (χ0) is 14.9. The maximum atomic E-state index is 11.3. The molecule has 0 aromatic heterocycles. The molecule has 0 spiro atoms. The lowest BCUT2D eigenvalue weighted by Crippen LogP contribution is -2.30. The van der Waals surface area contributed by atoms with Gasteiger partial charge in [-0.2, -0.15) is 0 Å². The highest BCUT2D eigenvalue weighted by Gasteiger charge is 2.20. The molecule has 0 saturated heterocycles. The van der Waals surface area contributed by atoms with Crippen molar-refractivity contribution in [2.45, 2.75) is 33.7 Å². The Bertz CT molecular complexity index is 641. The Morgan fingerprint density at radius 2 is 1.70 bits per heavy atom. The number of carboxylic acids is 1. The summed E-state index contributed by atoms with van der Waals surface area (Å²) in [6.45, 7) is 8.68. The lowest BCUT2D eigenvalue weighted by atomic mass is 9.87. The lowest BCUT2D eigenvalue weighted by Gasteiger charge is -2.29. The number of carboxylic acid groups (broad SMARTS) is 1. The summed E-state index contributed by atoms with van der Waals surface area (Å²) in [7, 11) is 0. The van der Waals surface area contributed by atoms with Gasteiger partial charge in [-0.3, -0.25) is 0 Å². The van der Waals surface area contributed by atoms with Crippen LogP contribution < -0.4 is 5.32 Å². The van der Waals surface area contributed by atoms with Gasteiger partial charge in [-0.15, -0.1) is 0 Å². The summed E-state index contributed by atoms with van der Waals surface area (Å²) in [5.74, 6) is -0.892. The van der Waals surface area contributed by atoms with Gasteiger partial charge in [-0.05, 0) is 29.9 Å². The highest BCUT2D eigenvalue weighted by molar-refractivity contribution is 6.07. The summed E-state index contributed by atoms with van der Waals surface area (Å²) >= 11 is 0. The largest absolute Gasteiger partial charge is 0.478 e. The van der Waals surface area contributed by atoms with Crippen LogP contribution in [0.25, 0.3) is 10.8 Å². The molecule has 0 aliphatic carbocycles. The minimum atomic E-state index is -0.892. The van der Waals surface area contributed by atoms with Gasteiger partial charge < -0.3 is 10.4 Å². The van der Waals surface area contributed by atoms with E-state index in [1.54, 1.807) is 6.07 Å². The van der Waals surface area contributed by atoms with Crippen LogP contribution in [0.4, 0.5) is 5.69 Å². The minimum Gasteiger partial charge on any atom is -0.478 e. The molecule has 2 aromatic rings. The second-order valence-corrected chi connectivity index (χ2v) is 6.24. The third-order valence-corrected chi connectivity index (χ3v) is 3.83. The van der Waals surface area contributed by atoms with Gasteiger partial charge in [0.25, 0.3) is 0 Å². The number of anilines is 1. The van der Waals surface area contributed by atoms with Crippen LogP contribution in [0.5, 0.6) is 0 Å². The fraction of sp³-hybridized carbons (Fsp3) is 0.353. The molecule has 2 N–H and O–H groups in total. The average Bonchev–Trinajstić information content (AvgIpc) is 2.37. The van der Waals surface area contributed by atoms with E-state index in [9.17, 15) is 9.90 Å². The number of carbonyl (C=O) groups is 1. The van der Waals surface area contributed by atoms with Crippen molar-refractivity contribution in [3.05, 3.63) is 42.0 Å². The van der Waals surface area contributed by atoms with Crippen molar-refractivity contribution >= 4 is 22.4 Å². The maximum absolute atomic E-state index is 11.3. The molecule has 0 fully saturated rings. The van der Waals surface area contributed by atoms with Crippen molar-refractivity contribution in [1.82, 2.24) is 0 Å². The third-order valence-electron chi connectivity index (χ3n) is 3.83. The summed E-state index contributed by atoms with van der Waals surface area (Å²) in [4.78, 5) is 11.3. The number of rotatable bonds is 3. The zero-order valence-electron chi connectivity index (χ0n) is 12.4. The molecule has 2 rings (SSSR count). The van der Waals surface area contributed by atoms with Crippen molar-refractivity contribution in [2.24, 2.45) is 5.41 Å². The first-order chi connectivity index (χ1) is 9.30. The number of aromatic carboxylic acids is 1. The molecule has 2 aromatic carbocycles. The van der Waals surface area contributed by atoms with Crippen molar-refractivity contribution in [2.75, 3.05) is 5.32 Å². The Hall–Kier alpha value is -2.03. The number of nitrogens with one attached hydrogen (secondary N) is 1. The first kappa shape index (κ1) is 14.4. The predicted molar refractivity (Wildman–Crippen MR) is 83.4 cm³/mol. The molecule has 0 aliphatic heterocycles. The highest BCUT2D eigenvalue weighted by Crippen LogP contribution is 2.30. The van der Waals surface area contributed by atoms with Crippen molar-refractivity contribution in [1.29, 1.82) is 0 Å². The molecule has 0 aliphatic rings. The smallest absolute Gasteiger partial charge is 0.336 e. The number of fused-ring (bicyclic) bond motifs is 1. The zero-order valence-corrected chi connectivity index (χ0v) is 12.4. The number of hydrogen-bond donors (Lipinski definition) is 2. The number of hydrogen-bond acceptors (Lipinski definition) is 2. The van der Waals surface area contributed by atoms with E-state index in [2.05, 4.69) is 33.0 Å². The molecule has 20 heavy (non-hydrogen) atoms. The van der Waals surface area contributed by atoms with E-state index in [0.29, 0.717) is 5.56 Å². The van der Waals surface area contributed by atoms with Gasteiger partial charge in [0.05, 0.1) is 5.56 Å². The SMILES string of the molecule is CC(Nc1ccc(C(=O)O)c2ccccc12)C(C)(C)C. The Morgan fingerprint density at radius 3 is 2.25 bits per heavy atom. The van der Waals surface area contributed by atoms with E-state index in [0.717, 1.165) is 16.5 Å². The van der Waals surface area contributed by atoms with E-state index in [1.165, 1.54) is 0 Å². The predicted octanol–water partition coefficient (Wildman–Crippen LogP) is 4.38. The van der Waals surface area contributed by atoms with Crippen LogP contribution in [0, 0.1) is 5.41 Å².